The molecule has 0 radical (unpaired) electrons. The van der Waals surface area contributed by atoms with Crippen molar-refractivity contribution < 1.29 is 14.3 Å². The Hall–Kier alpha value is -2.56. The van der Waals surface area contributed by atoms with Crippen molar-refractivity contribution in [1.82, 2.24) is 10.3 Å². The third-order valence-electron chi connectivity index (χ3n) is 3.87. The average molecular weight is 298 g/mol. The van der Waals surface area contributed by atoms with Crippen LogP contribution >= 0.6 is 0 Å². The molecular formula is C17H18N2O3. The summed E-state index contributed by atoms with van der Waals surface area (Å²) in [7, 11) is 3.02. The molecule has 0 aliphatic heterocycles. The Morgan fingerprint density at radius 3 is 2.36 bits per heavy atom. The lowest BCUT2D eigenvalue weighted by atomic mass is 10.1. The van der Waals surface area contributed by atoms with Gasteiger partial charge in [0.1, 0.15) is 5.56 Å². The summed E-state index contributed by atoms with van der Waals surface area (Å²) in [5, 5.41) is 3.05. The fourth-order valence-corrected chi connectivity index (χ4v) is 2.79. The van der Waals surface area contributed by atoms with Gasteiger partial charge in [0.05, 0.1) is 14.2 Å². The zero-order valence-corrected chi connectivity index (χ0v) is 12.6. The molecule has 2 aromatic rings. The number of nitrogens with zero attached hydrogens (tertiary/aromatic N) is 1. The van der Waals surface area contributed by atoms with Gasteiger partial charge in [-0.2, -0.15) is 4.98 Å². The Balaban J connectivity index is 1.73. The molecule has 0 fully saturated rings. The predicted octanol–water partition coefficient (Wildman–Crippen LogP) is 2.00. The predicted molar refractivity (Wildman–Crippen MR) is 82.4 cm³/mol. The molecule has 0 atom stereocenters. The molecule has 1 aliphatic rings. The maximum absolute atomic E-state index is 12.5. The number of benzene rings is 1. The van der Waals surface area contributed by atoms with E-state index in [4.69, 9.17) is 9.47 Å². The van der Waals surface area contributed by atoms with Gasteiger partial charge in [-0.25, -0.2) is 0 Å². The second-order valence-corrected chi connectivity index (χ2v) is 5.26. The summed E-state index contributed by atoms with van der Waals surface area (Å²) >= 11 is 0. The lowest BCUT2D eigenvalue weighted by Gasteiger charge is -2.14. The van der Waals surface area contributed by atoms with Gasteiger partial charge in [0.15, 0.2) is 0 Å². The molecule has 1 aliphatic carbocycles. The standard InChI is InChI=1S/C17H18N2O3/c1-21-15-8-7-14(17(19-15)22-2)16(20)18-13-9-11-5-3-4-6-12(11)10-13/h3-8,13H,9-10H2,1-2H3,(H,18,20). The monoisotopic (exact) mass is 298 g/mol. The molecule has 114 valence electrons. The molecule has 0 spiro atoms. The van der Waals surface area contributed by atoms with E-state index in [1.54, 1.807) is 12.1 Å². The molecule has 1 N–H and O–H groups in total. The second kappa shape index (κ2) is 6.05. The minimum Gasteiger partial charge on any atom is -0.481 e. The van der Waals surface area contributed by atoms with E-state index >= 15 is 0 Å². The van der Waals surface area contributed by atoms with Crippen molar-refractivity contribution in [2.24, 2.45) is 0 Å². The highest BCUT2D eigenvalue weighted by Gasteiger charge is 2.24. The number of carbonyl (C=O) groups excluding carboxylic acids is 1. The van der Waals surface area contributed by atoms with Crippen LogP contribution in [-0.4, -0.2) is 31.2 Å². The van der Waals surface area contributed by atoms with Gasteiger partial charge in [0, 0.05) is 12.1 Å². The van der Waals surface area contributed by atoms with E-state index in [1.165, 1.54) is 25.3 Å². The van der Waals surface area contributed by atoms with E-state index in [2.05, 4.69) is 22.4 Å². The minimum absolute atomic E-state index is 0.108. The Bertz CT molecular complexity index is 675. The van der Waals surface area contributed by atoms with Crippen molar-refractivity contribution in [3.05, 3.63) is 53.1 Å². The van der Waals surface area contributed by atoms with Crippen LogP contribution in [0.15, 0.2) is 36.4 Å². The average Bonchev–Trinajstić information content (AvgIpc) is 2.96. The van der Waals surface area contributed by atoms with Gasteiger partial charge in [-0.05, 0) is 30.0 Å². The lowest BCUT2D eigenvalue weighted by Crippen LogP contribution is -2.35. The Morgan fingerprint density at radius 1 is 1.09 bits per heavy atom. The normalized spacial score (nSPS) is 13.5. The molecule has 1 aromatic carbocycles. The van der Waals surface area contributed by atoms with Gasteiger partial charge in [0.25, 0.3) is 5.91 Å². The Labute approximate surface area is 129 Å². The Morgan fingerprint density at radius 2 is 1.77 bits per heavy atom. The quantitative estimate of drug-likeness (QED) is 0.938. The fraction of sp³-hybridized carbons (Fsp3) is 0.294. The van der Waals surface area contributed by atoms with Crippen LogP contribution in [0.25, 0.3) is 0 Å². The number of hydrogen-bond acceptors (Lipinski definition) is 4. The van der Waals surface area contributed by atoms with Crippen molar-refractivity contribution in [2.75, 3.05) is 14.2 Å². The van der Waals surface area contributed by atoms with Gasteiger partial charge in [-0.3, -0.25) is 4.79 Å². The number of methoxy groups -OCH3 is 2. The molecule has 1 aromatic heterocycles. The lowest BCUT2D eigenvalue weighted by molar-refractivity contribution is 0.0934. The van der Waals surface area contributed by atoms with Gasteiger partial charge in [-0.1, -0.05) is 24.3 Å². The first-order valence-corrected chi connectivity index (χ1v) is 7.18. The number of fused-ring (bicyclic) bond motifs is 1. The third-order valence-corrected chi connectivity index (χ3v) is 3.87. The molecule has 0 bridgehead atoms. The summed E-state index contributed by atoms with van der Waals surface area (Å²) in [4.78, 5) is 16.6. The first kappa shape index (κ1) is 14.4. The van der Waals surface area contributed by atoms with Gasteiger partial charge in [0.2, 0.25) is 11.8 Å². The van der Waals surface area contributed by atoms with Crippen LogP contribution < -0.4 is 14.8 Å². The second-order valence-electron chi connectivity index (χ2n) is 5.26. The largest absolute Gasteiger partial charge is 0.481 e. The molecule has 0 unspecified atom stereocenters. The van der Waals surface area contributed by atoms with E-state index in [0.717, 1.165) is 12.8 Å². The van der Waals surface area contributed by atoms with E-state index in [0.29, 0.717) is 11.4 Å². The minimum atomic E-state index is -0.176. The van der Waals surface area contributed by atoms with Crippen molar-refractivity contribution in [3.8, 4) is 11.8 Å². The van der Waals surface area contributed by atoms with Gasteiger partial charge >= 0.3 is 0 Å². The van der Waals surface area contributed by atoms with Crippen molar-refractivity contribution in [1.29, 1.82) is 0 Å². The molecular weight excluding hydrogens is 280 g/mol. The number of nitrogens with one attached hydrogen (secondary N) is 1. The molecule has 0 saturated heterocycles. The first-order chi connectivity index (χ1) is 10.7. The van der Waals surface area contributed by atoms with E-state index in [-0.39, 0.29) is 17.8 Å². The van der Waals surface area contributed by atoms with Gasteiger partial charge in [-0.15, -0.1) is 0 Å². The number of rotatable bonds is 4. The fourth-order valence-electron chi connectivity index (χ4n) is 2.79. The van der Waals surface area contributed by atoms with E-state index in [1.807, 2.05) is 12.1 Å². The zero-order valence-electron chi connectivity index (χ0n) is 12.6. The number of carbonyl (C=O) groups is 1. The first-order valence-electron chi connectivity index (χ1n) is 7.18. The molecule has 1 heterocycles. The van der Waals surface area contributed by atoms with Gasteiger partial charge < -0.3 is 14.8 Å². The zero-order chi connectivity index (χ0) is 15.5. The maximum atomic E-state index is 12.5. The number of hydrogen-bond donors (Lipinski definition) is 1. The molecule has 5 heteroatoms. The van der Waals surface area contributed by atoms with Crippen LogP contribution in [0.1, 0.15) is 21.5 Å². The van der Waals surface area contributed by atoms with Crippen LogP contribution in [0.5, 0.6) is 11.8 Å². The number of aromatic nitrogens is 1. The molecule has 22 heavy (non-hydrogen) atoms. The van der Waals surface area contributed by atoms with Crippen molar-refractivity contribution in [2.45, 2.75) is 18.9 Å². The topological polar surface area (TPSA) is 60.5 Å². The number of pyridine rings is 1. The molecule has 0 saturated carbocycles. The summed E-state index contributed by atoms with van der Waals surface area (Å²) in [5.41, 5.74) is 3.01. The number of amides is 1. The van der Waals surface area contributed by atoms with Crippen LogP contribution in [-0.2, 0) is 12.8 Å². The maximum Gasteiger partial charge on any atom is 0.257 e. The van der Waals surface area contributed by atoms with Crippen molar-refractivity contribution >= 4 is 5.91 Å². The Kier molecular flexibility index (Phi) is 3.96. The molecule has 1 amide bonds. The van der Waals surface area contributed by atoms with Crippen LogP contribution in [0.2, 0.25) is 0 Å². The van der Waals surface area contributed by atoms with Crippen molar-refractivity contribution in [3.63, 3.8) is 0 Å². The summed E-state index contributed by atoms with van der Waals surface area (Å²) < 4.78 is 10.2. The van der Waals surface area contributed by atoms with Crippen LogP contribution in [0, 0.1) is 0 Å². The summed E-state index contributed by atoms with van der Waals surface area (Å²) in [6, 6.07) is 11.7. The summed E-state index contributed by atoms with van der Waals surface area (Å²) in [6.07, 6.45) is 1.71. The summed E-state index contributed by atoms with van der Waals surface area (Å²) in [5.74, 6) is 0.513. The third kappa shape index (κ3) is 2.74. The summed E-state index contributed by atoms with van der Waals surface area (Å²) in [6.45, 7) is 0. The van der Waals surface area contributed by atoms with E-state index in [9.17, 15) is 4.79 Å². The highest BCUT2D eigenvalue weighted by Crippen LogP contribution is 2.23. The van der Waals surface area contributed by atoms with E-state index < -0.39 is 0 Å². The van der Waals surface area contributed by atoms with Crippen LogP contribution in [0.4, 0.5) is 0 Å². The molecule has 5 nitrogen and oxygen atoms in total. The van der Waals surface area contributed by atoms with Crippen LogP contribution in [0.3, 0.4) is 0 Å². The number of ether oxygens (including phenoxy) is 2. The highest BCUT2D eigenvalue weighted by molar-refractivity contribution is 5.96. The SMILES string of the molecule is COc1ccc(C(=O)NC2Cc3ccccc3C2)c(OC)n1. The highest BCUT2D eigenvalue weighted by atomic mass is 16.5. The smallest absolute Gasteiger partial charge is 0.257 e. The molecule has 3 rings (SSSR count).